The van der Waals surface area contributed by atoms with Gasteiger partial charge in [0.25, 0.3) is 5.56 Å². The lowest BCUT2D eigenvalue weighted by Crippen LogP contribution is -2.27. The van der Waals surface area contributed by atoms with Crippen molar-refractivity contribution in [1.29, 1.82) is 5.26 Å². The third-order valence-electron chi connectivity index (χ3n) is 4.33. The van der Waals surface area contributed by atoms with Crippen molar-refractivity contribution in [3.05, 3.63) is 99.2 Å². The van der Waals surface area contributed by atoms with E-state index in [2.05, 4.69) is 0 Å². The standard InChI is InChI=1S/C21H15FN2O3/c1-13(14-5-3-2-4-6-14)24-12-16(9-15(11-23)21(24)27)20(26)18-10-17(22)7-8-19(18)25/h2-10,12-13,25H,1H3. The van der Waals surface area contributed by atoms with Crippen LogP contribution in [-0.2, 0) is 0 Å². The van der Waals surface area contributed by atoms with Crippen LogP contribution in [0.15, 0.2) is 65.6 Å². The summed E-state index contributed by atoms with van der Waals surface area (Å²) in [5.41, 5.74) is -0.152. The number of nitriles is 1. The molecule has 1 unspecified atom stereocenters. The van der Waals surface area contributed by atoms with E-state index >= 15 is 0 Å². The van der Waals surface area contributed by atoms with Crippen molar-refractivity contribution in [2.75, 3.05) is 0 Å². The lowest BCUT2D eigenvalue weighted by Gasteiger charge is -2.17. The SMILES string of the molecule is CC(c1ccccc1)n1cc(C(=O)c2cc(F)ccc2O)cc(C#N)c1=O. The summed E-state index contributed by atoms with van der Waals surface area (Å²) in [6.07, 6.45) is 1.33. The van der Waals surface area contributed by atoms with E-state index in [1.165, 1.54) is 10.8 Å². The van der Waals surface area contributed by atoms with Crippen LogP contribution in [0.4, 0.5) is 4.39 Å². The minimum absolute atomic E-state index is 0.00910. The summed E-state index contributed by atoms with van der Waals surface area (Å²) in [5, 5.41) is 19.2. The molecule has 3 rings (SSSR count). The molecule has 0 amide bonds. The van der Waals surface area contributed by atoms with Gasteiger partial charge in [-0.05, 0) is 36.8 Å². The number of benzene rings is 2. The summed E-state index contributed by atoms with van der Waals surface area (Å²) in [6, 6.07) is 14.7. The largest absolute Gasteiger partial charge is 0.507 e. The molecule has 134 valence electrons. The van der Waals surface area contributed by atoms with Crippen molar-refractivity contribution >= 4 is 5.78 Å². The molecule has 6 heteroatoms. The Labute approximate surface area is 154 Å². The predicted molar refractivity (Wildman–Crippen MR) is 97.2 cm³/mol. The number of hydrogen-bond acceptors (Lipinski definition) is 4. The number of aromatic nitrogens is 1. The van der Waals surface area contributed by atoms with Crippen molar-refractivity contribution in [2.45, 2.75) is 13.0 Å². The maximum atomic E-state index is 13.5. The van der Waals surface area contributed by atoms with Crippen LogP contribution < -0.4 is 5.56 Å². The van der Waals surface area contributed by atoms with Gasteiger partial charge in [-0.15, -0.1) is 0 Å². The molecule has 1 heterocycles. The van der Waals surface area contributed by atoms with E-state index in [1.54, 1.807) is 13.0 Å². The first-order valence-electron chi connectivity index (χ1n) is 8.17. The Hall–Kier alpha value is -3.72. The van der Waals surface area contributed by atoms with Crippen LogP contribution in [0.2, 0.25) is 0 Å². The summed E-state index contributed by atoms with van der Waals surface area (Å²) in [7, 11) is 0. The molecule has 0 saturated carbocycles. The molecule has 1 atom stereocenters. The molecule has 0 aliphatic rings. The Morgan fingerprint density at radius 2 is 1.89 bits per heavy atom. The van der Waals surface area contributed by atoms with Gasteiger partial charge in [0.1, 0.15) is 23.2 Å². The number of phenols is 1. The molecule has 0 aliphatic heterocycles. The van der Waals surface area contributed by atoms with Gasteiger partial charge in [-0.2, -0.15) is 5.26 Å². The number of pyridine rings is 1. The first-order valence-corrected chi connectivity index (χ1v) is 8.17. The monoisotopic (exact) mass is 362 g/mol. The fourth-order valence-corrected chi connectivity index (χ4v) is 2.83. The average Bonchev–Trinajstić information content (AvgIpc) is 2.69. The lowest BCUT2D eigenvalue weighted by molar-refractivity contribution is 0.103. The zero-order valence-corrected chi connectivity index (χ0v) is 14.4. The average molecular weight is 362 g/mol. The van der Waals surface area contributed by atoms with Gasteiger partial charge >= 0.3 is 0 Å². The van der Waals surface area contributed by atoms with Gasteiger partial charge in [0.15, 0.2) is 5.78 Å². The van der Waals surface area contributed by atoms with Gasteiger partial charge < -0.3 is 9.67 Å². The molecule has 0 radical (unpaired) electrons. The Balaban J connectivity index is 2.15. The fourth-order valence-electron chi connectivity index (χ4n) is 2.83. The smallest absolute Gasteiger partial charge is 0.269 e. The van der Waals surface area contributed by atoms with E-state index in [0.29, 0.717) is 0 Å². The Morgan fingerprint density at radius 1 is 1.19 bits per heavy atom. The van der Waals surface area contributed by atoms with Crippen LogP contribution in [0.5, 0.6) is 5.75 Å². The second-order valence-electron chi connectivity index (χ2n) is 6.04. The van der Waals surface area contributed by atoms with Crippen molar-refractivity contribution < 1.29 is 14.3 Å². The Bertz CT molecular complexity index is 1110. The van der Waals surface area contributed by atoms with Crippen LogP contribution in [0, 0.1) is 17.1 Å². The van der Waals surface area contributed by atoms with E-state index in [9.17, 15) is 24.3 Å². The van der Waals surface area contributed by atoms with E-state index in [1.807, 2.05) is 30.3 Å². The van der Waals surface area contributed by atoms with Crippen LogP contribution in [0.3, 0.4) is 0 Å². The van der Waals surface area contributed by atoms with Gasteiger partial charge in [0.2, 0.25) is 0 Å². The molecule has 27 heavy (non-hydrogen) atoms. The van der Waals surface area contributed by atoms with Crippen LogP contribution in [-0.4, -0.2) is 15.5 Å². The molecule has 3 aromatic rings. The highest BCUT2D eigenvalue weighted by Crippen LogP contribution is 2.23. The zero-order chi connectivity index (χ0) is 19.6. The number of ketones is 1. The zero-order valence-electron chi connectivity index (χ0n) is 14.4. The number of halogens is 1. The third-order valence-corrected chi connectivity index (χ3v) is 4.33. The molecular formula is C21H15FN2O3. The predicted octanol–water partition coefficient (Wildman–Crippen LogP) is 3.40. The van der Waals surface area contributed by atoms with Gasteiger partial charge in [-0.25, -0.2) is 4.39 Å². The molecule has 0 bridgehead atoms. The lowest BCUT2D eigenvalue weighted by atomic mass is 10.0. The van der Waals surface area contributed by atoms with E-state index in [-0.39, 0.29) is 22.4 Å². The first kappa shape index (κ1) is 18.1. The minimum atomic E-state index is -0.683. The van der Waals surface area contributed by atoms with E-state index in [4.69, 9.17) is 0 Å². The second-order valence-corrected chi connectivity index (χ2v) is 6.04. The second kappa shape index (κ2) is 7.26. The quantitative estimate of drug-likeness (QED) is 0.721. The highest BCUT2D eigenvalue weighted by Gasteiger charge is 2.20. The fraction of sp³-hybridized carbons (Fsp3) is 0.0952. The maximum Gasteiger partial charge on any atom is 0.269 e. The van der Waals surface area contributed by atoms with Gasteiger partial charge in [0.05, 0.1) is 11.6 Å². The molecule has 0 spiro atoms. The number of hydrogen-bond donors (Lipinski definition) is 1. The normalized spacial score (nSPS) is 11.6. The first-order chi connectivity index (χ1) is 12.9. The van der Waals surface area contributed by atoms with Crippen molar-refractivity contribution in [3.8, 4) is 11.8 Å². The maximum absolute atomic E-state index is 13.5. The van der Waals surface area contributed by atoms with E-state index < -0.39 is 23.2 Å². The summed E-state index contributed by atoms with van der Waals surface area (Å²) < 4.78 is 14.8. The summed E-state index contributed by atoms with van der Waals surface area (Å²) >= 11 is 0. The summed E-state index contributed by atoms with van der Waals surface area (Å²) in [6.45, 7) is 1.77. The Kier molecular flexibility index (Phi) is 4.86. The number of rotatable bonds is 4. The molecule has 0 saturated heterocycles. The van der Waals surface area contributed by atoms with Crippen molar-refractivity contribution in [3.63, 3.8) is 0 Å². The highest BCUT2D eigenvalue weighted by molar-refractivity contribution is 6.10. The van der Waals surface area contributed by atoms with Gasteiger partial charge in [0, 0.05) is 11.8 Å². The minimum Gasteiger partial charge on any atom is -0.507 e. The van der Waals surface area contributed by atoms with Crippen LogP contribution in [0.25, 0.3) is 0 Å². The van der Waals surface area contributed by atoms with Crippen LogP contribution >= 0.6 is 0 Å². The molecule has 0 aliphatic carbocycles. The molecule has 5 nitrogen and oxygen atoms in total. The molecular weight excluding hydrogens is 347 g/mol. The third kappa shape index (κ3) is 3.48. The van der Waals surface area contributed by atoms with Gasteiger partial charge in [-0.3, -0.25) is 9.59 Å². The van der Waals surface area contributed by atoms with Crippen LogP contribution in [0.1, 0.15) is 40.0 Å². The topological polar surface area (TPSA) is 83.1 Å². The Morgan fingerprint density at radius 3 is 2.56 bits per heavy atom. The van der Waals surface area contributed by atoms with Crippen molar-refractivity contribution in [1.82, 2.24) is 4.57 Å². The molecule has 2 aromatic carbocycles. The molecule has 1 aromatic heterocycles. The molecule has 0 fully saturated rings. The molecule has 1 N–H and O–H groups in total. The van der Waals surface area contributed by atoms with Gasteiger partial charge in [-0.1, -0.05) is 30.3 Å². The van der Waals surface area contributed by atoms with E-state index in [0.717, 1.165) is 29.8 Å². The number of nitrogens with zero attached hydrogens (tertiary/aromatic N) is 2. The number of carbonyl (C=O) groups excluding carboxylic acids is 1. The highest BCUT2D eigenvalue weighted by atomic mass is 19.1. The number of phenolic OH excluding ortho intramolecular Hbond substituents is 1. The summed E-state index contributed by atoms with van der Waals surface area (Å²) in [4.78, 5) is 25.3. The number of aromatic hydroxyl groups is 1. The summed E-state index contributed by atoms with van der Waals surface area (Å²) in [5.74, 6) is -1.74. The van der Waals surface area contributed by atoms with Crippen molar-refractivity contribution in [2.24, 2.45) is 0 Å². The number of carbonyl (C=O) groups is 1.